The molecule has 1 amide bonds. The standard InChI is InChI=1S/C13H19N5O/c1-2-13(12(14)19,16-8-9-17-18-15)10-11-6-4-3-5-7-11/h3-7,16H,2,8-10H2,1H3,(H2,14,19). The molecule has 0 saturated heterocycles. The van der Waals surface area contributed by atoms with E-state index in [4.69, 9.17) is 11.3 Å². The van der Waals surface area contributed by atoms with Gasteiger partial charge in [-0.15, -0.1) is 0 Å². The zero-order chi connectivity index (χ0) is 14.1. The highest BCUT2D eigenvalue weighted by molar-refractivity contribution is 5.85. The molecule has 6 heteroatoms. The van der Waals surface area contributed by atoms with E-state index < -0.39 is 5.54 Å². The third-order valence-electron chi connectivity index (χ3n) is 3.16. The predicted molar refractivity (Wildman–Crippen MR) is 74.4 cm³/mol. The van der Waals surface area contributed by atoms with Gasteiger partial charge in [0.25, 0.3) is 0 Å². The van der Waals surface area contributed by atoms with Gasteiger partial charge < -0.3 is 11.1 Å². The van der Waals surface area contributed by atoms with Crippen LogP contribution in [0.2, 0.25) is 0 Å². The lowest BCUT2D eigenvalue weighted by atomic mass is 9.87. The normalized spacial score (nSPS) is 13.3. The van der Waals surface area contributed by atoms with Crippen molar-refractivity contribution in [2.45, 2.75) is 25.3 Å². The number of benzene rings is 1. The van der Waals surface area contributed by atoms with Crippen LogP contribution >= 0.6 is 0 Å². The van der Waals surface area contributed by atoms with Gasteiger partial charge in [0.15, 0.2) is 0 Å². The van der Waals surface area contributed by atoms with Gasteiger partial charge in [-0.2, -0.15) is 0 Å². The van der Waals surface area contributed by atoms with E-state index in [9.17, 15) is 4.79 Å². The number of azide groups is 1. The molecule has 1 unspecified atom stereocenters. The second-order valence-corrected chi connectivity index (χ2v) is 4.34. The van der Waals surface area contributed by atoms with Gasteiger partial charge >= 0.3 is 0 Å². The fourth-order valence-corrected chi connectivity index (χ4v) is 2.00. The molecule has 0 aromatic heterocycles. The Balaban J connectivity index is 2.80. The van der Waals surface area contributed by atoms with Crippen LogP contribution in [-0.2, 0) is 11.2 Å². The van der Waals surface area contributed by atoms with Crippen molar-refractivity contribution < 1.29 is 4.79 Å². The average molecular weight is 261 g/mol. The minimum Gasteiger partial charge on any atom is -0.368 e. The maximum absolute atomic E-state index is 11.8. The van der Waals surface area contributed by atoms with Crippen molar-refractivity contribution in [2.75, 3.05) is 13.1 Å². The molecule has 19 heavy (non-hydrogen) atoms. The van der Waals surface area contributed by atoms with Crippen molar-refractivity contribution in [1.29, 1.82) is 0 Å². The molecule has 0 saturated carbocycles. The lowest BCUT2D eigenvalue weighted by Crippen LogP contribution is -2.57. The van der Waals surface area contributed by atoms with E-state index in [2.05, 4.69) is 15.3 Å². The van der Waals surface area contributed by atoms with Crippen LogP contribution in [0.1, 0.15) is 18.9 Å². The van der Waals surface area contributed by atoms with Gasteiger partial charge in [0.05, 0.1) is 0 Å². The van der Waals surface area contributed by atoms with Gasteiger partial charge in [0.1, 0.15) is 5.54 Å². The first-order valence-corrected chi connectivity index (χ1v) is 6.24. The summed E-state index contributed by atoms with van der Waals surface area (Å²) in [5, 5.41) is 6.57. The van der Waals surface area contributed by atoms with Gasteiger partial charge in [-0.1, -0.05) is 42.4 Å². The predicted octanol–water partition coefficient (Wildman–Crippen LogP) is 1.76. The monoisotopic (exact) mass is 261 g/mol. The van der Waals surface area contributed by atoms with Crippen LogP contribution in [0.4, 0.5) is 0 Å². The number of rotatable bonds is 8. The Morgan fingerprint density at radius 1 is 1.47 bits per heavy atom. The molecule has 1 atom stereocenters. The highest BCUT2D eigenvalue weighted by Gasteiger charge is 2.33. The third kappa shape index (κ3) is 4.28. The van der Waals surface area contributed by atoms with Crippen LogP contribution < -0.4 is 11.1 Å². The fourth-order valence-electron chi connectivity index (χ4n) is 2.00. The number of carbonyl (C=O) groups excluding carboxylic acids is 1. The Labute approximate surface area is 112 Å². The minimum atomic E-state index is -0.799. The number of amides is 1. The first kappa shape index (κ1) is 15.0. The van der Waals surface area contributed by atoms with Gasteiger partial charge in [-0.3, -0.25) is 4.79 Å². The zero-order valence-electron chi connectivity index (χ0n) is 11.0. The molecule has 0 spiro atoms. The summed E-state index contributed by atoms with van der Waals surface area (Å²) >= 11 is 0. The highest BCUT2D eigenvalue weighted by atomic mass is 16.1. The second-order valence-electron chi connectivity index (χ2n) is 4.34. The Bertz CT molecular complexity index is 455. The molecule has 102 valence electrons. The summed E-state index contributed by atoms with van der Waals surface area (Å²) in [7, 11) is 0. The van der Waals surface area contributed by atoms with E-state index in [-0.39, 0.29) is 5.91 Å². The summed E-state index contributed by atoms with van der Waals surface area (Å²) < 4.78 is 0. The quantitative estimate of drug-likeness (QED) is 0.322. The van der Waals surface area contributed by atoms with Crippen LogP contribution in [0.5, 0.6) is 0 Å². The van der Waals surface area contributed by atoms with Crippen molar-refractivity contribution in [3.63, 3.8) is 0 Å². The smallest absolute Gasteiger partial charge is 0.238 e. The summed E-state index contributed by atoms with van der Waals surface area (Å²) in [6.45, 7) is 2.63. The maximum Gasteiger partial charge on any atom is 0.238 e. The Morgan fingerprint density at radius 2 is 2.16 bits per heavy atom. The molecule has 3 N–H and O–H groups in total. The summed E-state index contributed by atoms with van der Waals surface area (Å²) in [4.78, 5) is 14.5. The topological polar surface area (TPSA) is 104 Å². The van der Waals surface area contributed by atoms with E-state index in [1.807, 2.05) is 37.3 Å². The minimum absolute atomic E-state index is 0.292. The number of primary amides is 1. The van der Waals surface area contributed by atoms with E-state index in [1.165, 1.54) is 0 Å². The SMILES string of the molecule is CCC(Cc1ccccc1)(NCCN=[N+]=[N-])C(N)=O. The van der Waals surface area contributed by atoms with Crippen LogP contribution in [0.3, 0.4) is 0 Å². The van der Waals surface area contributed by atoms with Crippen LogP contribution in [-0.4, -0.2) is 24.5 Å². The molecule has 6 nitrogen and oxygen atoms in total. The lowest BCUT2D eigenvalue weighted by molar-refractivity contribution is -0.124. The molecular formula is C13H19N5O. The Kier molecular flexibility index (Phi) is 5.85. The first-order valence-electron chi connectivity index (χ1n) is 6.24. The molecule has 0 heterocycles. The number of nitrogens with two attached hydrogens (primary N) is 1. The zero-order valence-corrected chi connectivity index (χ0v) is 11.0. The molecule has 0 aliphatic rings. The molecule has 1 rings (SSSR count). The van der Waals surface area contributed by atoms with E-state index in [1.54, 1.807) is 0 Å². The van der Waals surface area contributed by atoms with Crippen LogP contribution in [0.25, 0.3) is 10.4 Å². The van der Waals surface area contributed by atoms with E-state index >= 15 is 0 Å². The number of carbonyl (C=O) groups is 1. The van der Waals surface area contributed by atoms with E-state index in [0.29, 0.717) is 25.9 Å². The Morgan fingerprint density at radius 3 is 2.68 bits per heavy atom. The highest BCUT2D eigenvalue weighted by Crippen LogP contribution is 2.17. The summed E-state index contributed by atoms with van der Waals surface area (Å²) in [5.74, 6) is -0.389. The van der Waals surface area contributed by atoms with Crippen molar-refractivity contribution in [2.24, 2.45) is 10.8 Å². The molecule has 0 radical (unpaired) electrons. The van der Waals surface area contributed by atoms with Crippen molar-refractivity contribution in [3.8, 4) is 0 Å². The van der Waals surface area contributed by atoms with Crippen LogP contribution in [0, 0.1) is 0 Å². The lowest BCUT2D eigenvalue weighted by Gasteiger charge is -2.30. The van der Waals surface area contributed by atoms with Gasteiger partial charge in [0, 0.05) is 18.0 Å². The Hall–Kier alpha value is -2.04. The molecule has 1 aromatic rings. The number of hydrogen-bond donors (Lipinski definition) is 2. The van der Waals surface area contributed by atoms with Crippen molar-refractivity contribution >= 4 is 5.91 Å². The fraction of sp³-hybridized carbons (Fsp3) is 0.462. The van der Waals surface area contributed by atoms with Crippen molar-refractivity contribution in [1.82, 2.24) is 5.32 Å². The number of nitrogens with one attached hydrogen (secondary N) is 1. The molecule has 0 bridgehead atoms. The second kappa shape index (κ2) is 7.41. The van der Waals surface area contributed by atoms with E-state index in [0.717, 1.165) is 5.56 Å². The van der Waals surface area contributed by atoms with Gasteiger partial charge in [-0.05, 0) is 23.9 Å². The molecule has 0 aliphatic heterocycles. The molecule has 0 aliphatic carbocycles. The summed E-state index contributed by atoms with van der Waals surface area (Å²) in [5.41, 5.74) is 14.0. The maximum atomic E-state index is 11.8. The summed E-state index contributed by atoms with van der Waals surface area (Å²) in [6, 6.07) is 9.70. The molecular weight excluding hydrogens is 242 g/mol. The molecule has 1 aromatic carbocycles. The third-order valence-corrected chi connectivity index (χ3v) is 3.16. The van der Waals surface area contributed by atoms with Gasteiger partial charge in [-0.25, -0.2) is 0 Å². The number of hydrogen-bond acceptors (Lipinski definition) is 3. The number of nitrogens with zero attached hydrogens (tertiary/aromatic N) is 3. The average Bonchev–Trinajstić information content (AvgIpc) is 2.43. The largest absolute Gasteiger partial charge is 0.368 e. The van der Waals surface area contributed by atoms with Crippen LogP contribution in [0.15, 0.2) is 35.4 Å². The van der Waals surface area contributed by atoms with Crippen molar-refractivity contribution in [3.05, 3.63) is 46.3 Å². The molecule has 0 fully saturated rings. The van der Waals surface area contributed by atoms with Gasteiger partial charge in [0.2, 0.25) is 5.91 Å². The summed E-state index contributed by atoms with van der Waals surface area (Å²) in [6.07, 6.45) is 1.10. The first-order chi connectivity index (χ1) is 9.14.